The van der Waals surface area contributed by atoms with Crippen molar-refractivity contribution >= 4 is 5.78 Å². The van der Waals surface area contributed by atoms with E-state index in [1.54, 1.807) is 12.2 Å². The van der Waals surface area contributed by atoms with E-state index in [-0.39, 0.29) is 11.5 Å². The Morgan fingerprint density at radius 3 is 2.89 bits per heavy atom. The molecule has 0 spiro atoms. The van der Waals surface area contributed by atoms with Crippen molar-refractivity contribution in [3.63, 3.8) is 0 Å². The van der Waals surface area contributed by atoms with E-state index in [1.165, 1.54) is 6.08 Å². The van der Waals surface area contributed by atoms with Gasteiger partial charge in [0, 0.05) is 6.42 Å². The van der Waals surface area contributed by atoms with Crippen LogP contribution in [0, 0.1) is 0 Å². The molecule has 1 aliphatic carbocycles. The summed E-state index contributed by atoms with van der Waals surface area (Å²) in [5, 5.41) is 2.79. The first kappa shape index (κ1) is 5.88. The zero-order chi connectivity index (χ0) is 6.69. The molecule has 0 aromatic carbocycles. The molecule has 0 aliphatic heterocycles. The monoisotopic (exact) mass is 121 g/mol. The first-order valence-electron chi connectivity index (χ1n) is 2.59. The molecule has 0 heterocycles. The number of Topliss-reactive ketones (excluding diaryl/α,β-unsaturated/α-hetero) is 1. The number of hydrogen-bond donors (Lipinski definition) is 0. The van der Waals surface area contributed by atoms with Crippen molar-refractivity contribution in [3.8, 4) is 0 Å². The second-order valence-corrected chi connectivity index (χ2v) is 1.71. The summed E-state index contributed by atoms with van der Waals surface area (Å²) < 4.78 is 0. The highest BCUT2D eigenvalue weighted by Gasteiger charge is 2.07. The summed E-state index contributed by atoms with van der Waals surface area (Å²) >= 11 is 0. The van der Waals surface area contributed by atoms with E-state index in [9.17, 15) is 4.79 Å². The lowest BCUT2D eigenvalue weighted by Gasteiger charge is -1.96. The van der Waals surface area contributed by atoms with Gasteiger partial charge in [0.2, 0.25) is 0 Å². The SMILES string of the molecule is [N]=NC1=CC=CCC1=O. The van der Waals surface area contributed by atoms with E-state index in [1.807, 2.05) is 0 Å². The van der Waals surface area contributed by atoms with E-state index in [0.717, 1.165) is 0 Å². The molecule has 0 fully saturated rings. The Morgan fingerprint density at radius 2 is 2.44 bits per heavy atom. The van der Waals surface area contributed by atoms with Crippen LogP contribution in [0.2, 0.25) is 0 Å². The highest BCUT2D eigenvalue weighted by molar-refractivity contribution is 5.97. The molecule has 0 aromatic heterocycles. The predicted octanol–water partition coefficient (Wildman–Crippen LogP) is 0.652. The highest BCUT2D eigenvalue weighted by Crippen LogP contribution is 2.06. The summed E-state index contributed by atoms with van der Waals surface area (Å²) in [5.74, 6) is -0.139. The Labute approximate surface area is 52.6 Å². The van der Waals surface area contributed by atoms with Crippen LogP contribution in [0.15, 0.2) is 29.0 Å². The molecule has 0 amide bonds. The molecular weight excluding hydrogens is 116 g/mol. The number of rotatable bonds is 1. The van der Waals surface area contributed by atoms with Crippen molar-refractivity contribution in [2.24, 2.45) is 5.11 Å². The van der Waals surface area contributed by atoms with Crippen LogP contribution in [0.3, 0.4) is 0 Å². The highest BCUT2D eigenvalue weighted by atomic mass is 16.1. The van der Waals surface area contributed by atoms with Crippen LogP contribution in [-0.2, 0) is 4.79 Å². The number of hydrogen-bond acceptors (Lipinski definition) is 2. The van der Waals surface area contributed by atoms with Crippen LogP contribution < -0.4 is 5.53 Å². The molecule has 0 N–H and O–H groups in total. The van der Waals surface area contributed by atoms with E-state index in [2.05, 4.69) is 5.11 Å². The van der Waals surface area contributed by atoms with Crippen molar-refractivity contribution in [1.29, 1.82) is 0 Å². The minimum Gasteiger partial charge on any atom is -0.292 e. The average molecular weight is 121 g/mol. The largest absolute Gasteiger partial charge is 0.292 e. The molecular formula is C6H5N2O. The molecule has 1 aliphatic rings. The van der Waals surface area contributed by atoms with Gasteiger partial charge in [-0.3, -0.25) is 4.79 Å². The molecule has 0 aromatic rings. The molecule has 0 atom stereocenters. The molecule has 0 bridgehead atoms. The van der Waals surface area contributed by atoms with Crippen molar-refractivity contribution in [1.82, 2.24) is 5.53 Å². The predicted molar refractivity (Wildman–Crippen MR) is 31.4 cm³/mol. The van der Waals surface area contributed by atoms with Crippen LogP contribution >= 0.6 is 0 Å². The number of carbonyl (C=O) groups excluding carboxylic acids is 1. The summed E-state index contributed by atoms with van der Waals surface area (Å²) in [4.78, 5) is 10.7. The maximum Gasteiger partial charge on any atom is 0.186 e. The molecule has 0 saturated heterocycles. The minimum absolute atomic E-state index is 0.137. The van der Waals surface area contributed by atoms with Gasteiger partial charge in [-0.2, -0.15) is 0 Å². The van der Waals surface area contributed by atoms with E-state index in [4.69, 9.17) is 5.53 Å². The van der Waals surface area contributed by atoms with Crippen molar-refractivity contribution in [3.05, 3.63) is 23.9 Å². The van der Waals surface area contributed by atoms with Gasteiger partial charge in [-0.15, -0.1) is 5.11 Å². The Bertz CT molecular complexity index is 203. The van der Waals surface area contributed by atoms with Crippen LogP contribution in [0.4, 0.5) is 0 Å². The zero-order valence-corrected chi connectivity index (χ0v) is 4.74. The molecule has 3 nitrogen and oxygen atoms in total. The minimum atomic E-state index is -0.139. The second kappa shape index (κ2) is 2.35. The average Bonchev–Trinajstić information content (AvgIpc) is 1.89. The van der Waals surface area contributed by atoms with Gasteiger partial charge in [-0.1, -0.05) is 12.2 Å². The van der Waals surface area contributed by atoms with Gasteiger partial charge in [-0.05, 0) is 11.6 Å². The summed E-state index contributed by atoms with van der Waals surface area (Å²) in [5.41, 5.74) is 8.30. The fourth-order valence-corrected chi connectivity index (χ4v) is 0.621. The van der Waals surface area contributed by atoms with Crippen molar-refractivity contribution in [2.45, 2.75) is 6.42 Å². The first-order chi connectivity index (χ1) is 4.34. The number of ketones is 1. The van der Waals surface area contributed by atoms with Gasteiger partial charge in [0.1, 0.15) is 5.70 Å². The molecule has 0 saturated carbocycles. The third-order valence-corrected chi connectivity index (χ3v) is 1.09. The number of nitrogens with zero attached hydrogens (tertiary/aromatic N) is 2. The second-order valence-electron chi connectivity index (χ2n) is 1.71. The first-order valence-corrected chi connectivity index (χ1v) is 2.59. The maximum absolute atomic E-state index is 10.7. The van der Waals surface area contributed by atoms with Gasteiger partial charge in [0.05, 0.1) is 0 Å². The Balaban J connectivity index is 2.86. The van der Waals surface area contributed by atoms with Crippen LogP contribution in [-0.4, -0.2) is 5.78 Å². The summed E-state index contributed by atoms with van der Waals surface area (Å²) in [7, 11) is 0. The summed E-state index contributed by atoms with van der Waals surface area (Å²) in [6, 6.07) is 0. The Kier molecular flexibility index (Phi) is 1.53. The zero-order valence-electron chi connectivity index (χ0n) is 4.74. The van der Waals surface area contributed by atoms with Crippen LogP contribution in [0.25, 0.3) is 0 Å². The fourth-order valence-electron chi connectivity index (χ4n) is 0.621. The van der Waals surface area contributed by atoms with Crippen LogP contribution in [0.1, 0.15) is 6.42 Å². The fraction of sp³-hybridized carbons (Fsp3) is 0.167. The molecule has 9 heavy (non-hydrogen) atoms. The lowest BCUT2D eigenvalue weighted by molar-refractivity contribution is -0.114. The van der Waals surface area contributed by atoms with Gasteiger partial charge >= 0.3 is 0 Å². The van der Waals surface area contributed by atoms with Gasteiger partial charge in [0.25, 0.3) is 0 Å². The maximum atomic E-state index is 10.7. The quantitative estimate of drug-likeness (QED) is 0.470. The van der Waals surface area contributed by atoms with Crippen LogP contribution in [0.5, 0.6) is 0 Å². The normalized spacial score (nSPS) is 17.3. The smallest absolute Gasteiger partial charge is 0.186 e. The summed E-state index contributed by atoms with van der Waals surface area (Å²) in [6.07, 6.45) is 5.23. The molecule has 0 unspecified atom stereocenters. The van der Waals surface area contributed by atoms with Crippen molar-refractivity contribution < 1.29 is 4.79 Å². The van der Waals surface area contributed by atoms with E-state index >= 15 is 0 Å². The lowest BCUT2D eigenvalue weighted by atomic mass is 10.1. The van der Waals surface area contributed by atoms with Crippen molar-refractivity contribution in [2.75, 3.05) is 0 Å². The van der Waals surface area contributed by atoms with E-state index in [0.29, 0.717) is 6.42 Å². The standard InChI is InChI=1S/C6H5N2O/c7-8-5-3-1-2-4-6(5)9/h1-3H,4H2. The third kappa shape index (κ3) is 1.10. The third-order valence-electron chi connectivity index (χ3n) is 1.09. The summed E-state index contributed by atoms with van der Waals surface area (Å²) in [6.45, 7) is 0. The molecule has 3 heteroatoms. The molecule has 1 rings (SSSR count). The van der Waals surface area contributed by atoms with E-state index < -0.39 is 0 Å². The van der Waals surface area contributed by atoms with Gasteiger partial charge in [-0.25, -0.2) is 0 Å². The van der Waals surface area contributed by atoms with Gasteiger partial charge in [0.15, 0.2) is 5.78 Å². The Hall–Kier alpha value is -1.25. The Morgan fingerprint density at radius 1 is 1.67 bits per heavy atom. The van der Waals surface area contributed by atoms with Gasteiger partial charge < -0.3 is 0 Å². The lowest BCUT2D eigenvalue weighted by Crippen LogP contribution is -2.00. The molecule has 45 valence electrons. The molecule has 1 radical (unpaired) electrons. The number of carbonyl (C=O) groups is 1. The topological polar surface area (TPSA) is 51.7 Å². The number of allylic oxidation sites excluding steroid dienone is 4.